The van der Waals surface area contributed by atoms with Crippen LogP contribution >= 0.6 is 0 Å². The molecule has 0 atom stereocenters. The lowest BCUT2D eigenvalue weighted by molar-refractivity contribution is 0.296. The van der Waals surface area contributed by atoms with Crippen molar-refractivity contribution in [1.82, 2.24) is 5.43 Å². The highest BCUT2D eigenvalue weighted by Gasteiger charge is 2.13. The third kappa shape index (κ3) is 4.31. The summed E-state index contributed by atoms with van der Waals surface area (Å²) in [6, 6.07) is 6.24. The van der Waals surface area contributed by atoms with E-state index in [-0.39, 0.29) is 17.3 Å². The first kappa shape index (κ1) is 13.9. The molecule has 17 heavy (non-hydrogen) atoms. The molecular formula is C10H16N2O4S. The Morgan fingerprint density at radius 2 is 1.94 bits per heavy atom. The van der Waals surface area contributed by atoms with Gasteiger partial charge in [-0.05, 0) is 18.2 Å². The van der Waals surface area contributed by atoms with Crippen LogP contribution in [0, 0.1) is 0 Å². The van der Waals surface area contributed by atoms with Crippen molar-refractivity contribution in [3.05, 3.63) is 24.3 Å². The zero-order chi connectivity index (χ0) is 12.7. The fourth-order valence-electron chi connectivity index (χ4n) is 1.23. The number of hydrazine groups is 1. The van der Waals surface area contributed by atoms with E-state index in [1.165, 1.54) is 12.1 Å². The molecule has 96 valence electrons. The second kappa shape index (κ2) is 6.55. The fourth-order valence-corrected chi connectivity index (χ4v) is 2.29. The smallest absolute Gasteiger partial charge is 0.180 e. The van der Waals surface area contributed by atoms with Gasteiger partial charge in [-0.1, -0.05) is 6.07 Å². The van der Waals surface area contributed by atoms with Gasteiger partial charge in [0.1, 0.15) is 0 Å². The lowest BCUT2D eigenvalue weighted by Gasteiger charge is -2.09. The molecule has 0 unspecified atom stereocenters. The van der Waals surface area contributed by atoms with Crippen LogP contribution in [0.25, 0.3) is 0 Å². The first-order chi connectivity index (χ1) is 8.10. The van der Waals surface area contributed by atoms with Crippen LogP contribution in [0.4, 0.5) is 5.69 Å². The number of aliphatic hydroxyl groups is 2. The van der Waals surface area contributed by atoms with Crippen LogP contribution in [-0.2, 0) is 9.84 Å². The molecule has 0 aliphatic heterocycles. The van der Waals surface area contributed by atoms with Crippen molar-refractivity contribution in [2.24, 2.45) is 0 Å². The molecular weight excluding hydrogens is 244 g/mol. The molecule has 0 saturated heterocycles. The third-order valence-electron chi connectivity index (χ3n) is 2.02. The van der Waals surface area contributed by atoms with Gasteiger partial charge in [-0.15, -0.1) is 0 Å². The summed E-state index contributed by atoms with van der Waals surface area (Å²) in [5, 5.41) is 17.2. The molecule has 4 N–H and O–H groups in total. The Bertz CT molecular complexity index is 447. The topological polar surface area (TPSA) is 98.7 Å². The van der Waals surface area contributed by atoms with Gasteiger partial charge in [0.2, 0.25) is 0 Å². The summed E-state index contributed by atoms with van der Waals surface area (Å²) in [5.74, 6) is -0.291. The van der Waals surface area contributed by atoms with Crippen LogP contribution in [0.1, 0.15) is 0 Å². The number of rotatable bonds is 7. The maximum absolute atomic E-state index is 11.7. The quantitative estimate of drug-likeness (QED) is 0.384. The minimum atomic E-state index is -3.43. The molecule has 1 aromatic carbocycles. The molecule has 0 aromatic heterocycles. The van der Waals surface area contributed by atoms with Gasteiger partial charge in [0, 0.05) is 6.54 Å². The van der Waals surface area contributed by atoms with Crippen molar-refractivity contribution in [3.63, 3.8) is 0 Å². The highest BCUT2D eigenvalue weighted by molar-refractivity contribution is 7.91. The highest BCUT2D eigenvalue weighted by atomic mass is 32.2. The SMILES string of the molecule is O=S(=O)(CCO)c1cccc(NNCCO)c1. The molecule has 0 amide bonds. The van der Waals surface area contributed by atoms with Crippen LogP contribution < -0.4 is 10.9 Å². The molecule has 0 heterocycles. The van der Waals surface area contributed by atoms with Gasteiger partial charge in [0.05, 0.1) is 29.5 Å². The normalized spacial score (nSPS) is 11.4. The monoisotopic (exact) mass is 260 g/mol. The number of benzene rings is 1. The number of aliphatic hydroxyl groups excluding tert-OH is 2. The average molecular weight is 260 g/mol. The molecule has 1 aromatic rings. The predicted octanol–water partition coefficient (Wildman–Crippen LogP) is -0.639. The highest BCUT2D eigenvalue weighted by Crippen LogP contribution is 2.15. The molecule has 0 fully saturated rings. The average Bonchev–Trinajstić information content (AvgIpc) is 2.30. The Kier molecular flexibility index (Phi) is 5.36. The van der Waals surface area contributed by atoms with Crippen molar-refractivity contribution >= 4 is 15.5 Å². The van der Waals surface area contributed by atoms with Gasteiger partial charge in [-0.3, -0.25) is 0 Å². The molecule has 1 rings (SSSR count). The number of hydrogen-bond acceptors (Lipinski definition) is 6. The minimum Gasteiger partial charge on any atom is -0.395 e. The zero-order valence-corrected chi connectivity index (χ0v) is 10.1. The van der Waals surface area contributed by atoms with E-state index in [1.807, 2.05) is 0 Å². The van der Waals surface area contributed by atoms with E-state index < -0.39 is 16.4 Å². The van der Waals surface area contributed by atoms with E-state index in [2.05, 4.69) is 10.9 Å². The Morgan fingerprint density at radius 3 is 2.59 bits per heavy atom. The molecule has 6 nitrogen and oxygen atoms in total. The van der Waals surface area contributed by atoms with Crippen LogP contribution in [0.15, 0.2) is 29.2 Å². The predicted molar refractivity (Wildman–Crippen MR) is 64.3 cm³/mol. The Labute approximate surface area is 100 Å². The largest absolute Gasteiger partial charge is 0.395 e. The van der Waals surface area contributed by atoms with E-state index in [0.29, 0.717) is 12.2 Å². The van der Waals surface area contributed by atoms with E-state index in [4.69, 9.17) is 10.2 Å². The fraction of sp³-hybridized carbons (Fsp3) is 0.400. The summed E-state index contributed by atoms with van der Waals surface area (Å²) < 4.78 is 23.3. The van der Waals surface area contributed by atoms with Crippen LogP contribution in [-0.4, -0.2) is 44.1 Å². The van der Waals surface area contributed by atoms with Crippen molar-refractivity contribution in [2.45, 2.75) is 4.90 Å². The maximum atomic E-state index is 11.7. The standard InChI is InChI=1S/C10H16N2O4S/c13-5-4-11-12-9-2-1-3-10(8-9)17(15,16)7-6-14/h1-3,8,11-14H,4-7H2. The van der Waals surface area contributed by atoms with Crippen molar-refractivity contribution < 1.29 is 18.6 Å². The summed E-state index contributed by atoms with van der Waals surface area (Å²) in [6.45, 7) is -0.0636. The number of nitrogens with one attached hydrogen (secondary N) is 2. The number of sulfone groups is 1. The molecule has 0 aliphatic rings. The first-order valence-corrected chi connectivity index (χ1v) is 6.79. The van der Waals surface area contributed by atoms with Crippen LogP contribution in [0.2, 0.25) is 0 Å². The van der Waals surface area contributed by atoms with Gasteiger partial charge >= 0.3 is 0 Å². The van der Waals surface area contributed by atoms with E-state index in [9.17, 15) is 8.42 Å². The van der Waals surface area contributed by atoms with Crippen LogP contribution in [0.5, 0.6) is 0 Å². The van der Waals surface area contributed by atoms with Crippen LogP contribution in [0.3, 0.4) is 0 Å². The molecule has 0 saturated carbocycles. The number of anilines is 1. The first-order valence-electron chi connectivity index (χ1n) is 5.13. The Morgan fingerprint density at radius 1 is 1.18 bits per heavy atom. The molecule has 7 heteroatoms. The lowest BCUT2D eigenvalue weighted by atomic mass is 10.3. The third-order valence-corrected chi connectivity index (χ3v) is 3.71. The summed E-state index contributed by atoms with van der Waals surface area (Å²) in [6.07, 6.45) is 0. The van der Waals surface area contributed by atoms with E-state index >= 15 is 0 Å². The van der Waals surface area contributed by atoms with Crippen molar-refractivity contribution in [2.75, 3.05) is 30.9 Å². The molecule has 0 bridgehead atoms. The molecule has 0 radical (unpaired) electrons. The summed E-state index contributed by atoms with van der Waals surface area (Å²) >= 11 is 0. The van der Waals surface area contributed by atoms with E-state index in [1.54, 1.807) is 12.1 Å². The molecule has 0 aliphatic carbocycles. The summed E-state index contributed by atoms with van der Waals surface area (Å²) in [4.78, 5) is 0.155. The Hall–Kier alpha value is -1.15. The Balaban J connectivity index is 2.78. The van der Waals surface area contributed by atoms with Gasteiger partial charge in [0.25, 0.3) is 0 Å². The minimum absolute atomic E-state index is 0.0184. The van der Waals surface area contributed by atoms with Gasteiger partial charge < -0.3 is 15.6 Å². The van der Waals surface area contributed by atoms with Gasteiger partial charge in [0.15, 0.2) is 9.84 Å². The van der Waals surface area contributed by atoms with Crippen molar-refractivity contribution in [1.29, 1.82) is 0 Å². The maximum Gasteiger partial charge on any atom is 0.180 e. The number of hydrogen-bond donors (Lipinski definition) is 4. The van der Waals surface area contributed by atoms with Gasteiger partial charge in [-0.2, -0.15) is 0 Å². The lowest BCUT2D eigenvalue weighted by Crippen LogP contribution is -2.25. The zero-order valence-electron chi connectivity index (χ0n) is 9.26. The second-order valence-electron chi connectivity index (χ2n) is 3.35. The van der Waals surface area contributed by atoms with Crippen molar-refractivity contribution in [3.8, 4) is 0 Å². The summed E-state index contributed by atoms with van der Waals surface area (Å²) in [5.41, 5.74) is 6.06. The second-order valence-corrected chi connectivity index (χ2v) is 5.45. The molecule has 0 spiro atoms. The van der Waals surface area contributed by atoms with Gasteiger partial charge in [-0.25, -0.2) is 13.8 Å². The summed E-state index contributed by atoms with van der Waals surface area (Å²) in [7, 11) is -3.43. The van der Waals surface area contributed by atoms with E-state index in [0.717, 1.165) is 0 Å².